The summed E-state index contributed by atoms with van der Waals surface area (Å²) < 4.78 is 5.73. The zero-order valence-electron chi connectivity index (χ0n) is 16.1. The zero-order valence-corrected chi connectivity index (χ0v) is 16.1. The Kier molecular flexibility index (Phi) is 6.79. The second-order valence-electron chi connectivity index (χ2n) is 7.14. The Bertz CT molecular complexity index is 730. The summed E-state index contributed by atoms with van der Waals surface area (Å²) in [5.41, 5.74) is 2.83. The van der Waals surface area contributed by atoms with Crippen molar-refractivity contribution >= 4 is 11.7 Å². The molecule has 2 heterocycles. The first-order chi connectivity index (χ1) is 13.1. The molecular weight excluding hydrogens is 340 g/mol. The first-order valence-corrected chi connectivity index (χ1v) is 9.44. The predicted molar refractivity (Wildman–Crippen MR) is 108 cm³/mol. The molecule has 1 fully saturated rings. The lowest BCUT2D eigenvalue weighted by Crippen LogP contribution is -2.43. The van der Waals surface area contributed by atoms with Crippen molar-refractivity contribution in [1.82, 2.24) is 14.8 Å². The molecule has 0 unspecified atom stereocenters. The van der Waals surface area contributed by atoms with Crippen LogP contribution in [0.25, 0.3) is 11.1 Å². The summed E-state index contributed by atoms with van der Waals surface area (Å²) in [4.78, 5) is 21.0. The molecule has 6 heteroatoms. The van der Waals surface area contributed by atoms with Gasteiger partial charge in [0, 0.05) is 49.9 Å². The summed E-state index contributed by atoms with van der Waals surface area (Å²) in [5, 5.41) is 3.04. The number of benzene rings is 1. The molecule has 0 spiro atoms. The number of hydrogen-bond acceptors (Lipinski definition) is 4. The third kappa shape index (κ3) is 5.77. The zero-order chi connectivity index (χ0) is 19.1. The van der Waals surface area contributed by atoms with Crippen molar-refractivity contribution in [3.63, 3.8) is 0 Å². The van der Waals surface area contributed by atoms with Gasteiger partial charge in [-0.25, -0.2) is 4.79 Å². The molecule has 2 amide bonds. The first-order valence-electron chi connectivity index (χ1n) is 9.44. The maximum atomic E-state index is 12.9. The summed E-state index contributed by atoms with van der Waals surface area (Å²) in [6.45, 7) is 2.90. The molecule has 1 atom stereocenters. The molecule has 1 aliphatic rings. The van der Waals surface area contributed by atoms with Crippen molar-refractivity contribution in [2.75, 3.05) is 45.7 Å². The number of nitrogens with one attached hydrogen (secondary N) is 1. The normalized spacial score (nSPS) is 16.5. The number of pyridine rings is 1. The molecular formula is C21H28N4O2. The molecule has 1 aromatic heterocycles. The van der Waals surface area contributed by atoms with Gasteiger partial charge in [-0.05, 0) is 50.7 Å². The lowest BCUT2D eigenvalue weighted by atomic mass is 10.1. The van der Waals surface area contributed by atoms with E-state index in [0.29, 0.717) is 13.1 Å². The fraction of sp³-hybridized carbons (Fsp3) is 0.429. The number of anilines is 1. The van der Waals surface area contributed by atoms with Gasteiger partial charge in [0.2, 0.25) is 0 Å². The molecule has 1 aromatic carbocycles. The average Bonchev–Trinajstić information content (AvgIpc) is 3.19. The summed E-state index contributed by atoms with van der Waals surface area (Å²) in [7, 11) is 4.03. The number of hydrogen-bond donors (Lipinski definition) is 1. The molecule has 2 aromatic rings. The highest BCUT2D eigenvalue weighted by Crippen LogP contribution is 2.22. The van der Waals surface area contributed by atoms with Crippen molar-refractivity contribution in [1.29, 1.82) is 0 Å². The molecule has 144 valence electrons. The Morgan fingerprint density at radius 2 is 2.07 bits per heavy atom. The van der Waals surface area contributed by atoms with Crippen molar-refractivity contribution in [3.8, 4) is 11.1 Å². The monoisotopic (exact) mass is 368 g/mol. The van der Waals surface area contributed by atoms with Crippen LogP contribution < -0.4 is 5.32 Å². The number of ether oxygens (including phenoxy) is 1. The lowest BCUT2D eigenvalue weighted by Gasteiger charge is -2.27. The van der Waals surface area contributed by atoms with Crippen LogP contribution >= 0.6 is 0 Å². The van der Waals surface area contributed by atoms with Gasteiger partial charge in [-0.15, -0.1) is 0 Å². The van der Waals surface area contributed by atoms with Crippen LogP contribution in [0.2, 0.25) is 0 Å². The molecule has 1 saturated heterocycles. The van der Waals surface area contributed by atoms with Crippen LogP contribution in [0.3, 0.4) is 0 Å². The first kappa shape index (κ1) is 19.3. The highest BCUT2D eigenvalue weighted by Gasteiger charge is 2.22. The van der Waals surface area contributed by atoms with Gasteiger partial charge in [-0.3, -0.25) is 4.98 Å². The number of amides is 2. The highest BCUT2D eigenvalue weighted by atomic mass is 16.5. The molecule has 0 radical (unpaired) electrons. The Balaban J connectivity index is 1.68. The van der Waals surface area contributed by atoms with Gasteiger partial charge in [0.1, 0.15) is 0 Å². The van der Waals surface area contributed by atoms with Gasteiger partial charge in [0.25, 0.3) is 0 Å². The smallest absolute Gasteiger partial charge is 0.321 e. The van der Waals surface area contributed by atoms with Crippen LogP contribution in [0, 0.1) is 0 Å². The van der Waals surface area contributed by atoms with Crippen molar-refractivity contribution in [2.45, 2.75) is 18.9 Å². The second-order valence-corrected chi connectivity index (χ2v) is 7.14. The van der Waals surface area contributed by atoms with Gasteiger partial charge in [-0.1, -0.05) is 18.2 Å². The maximum absolute atomic E-state index is 12.9. The Hall–Kier alpha value is -2.44. The van der Waals surface area contributed by atoms with Gasteiger partial charge in [0.15, 0.2) is 0 Å². The molecule has 0 saturated carbocycles. The van der Waals surface area contributed by atoms with E-state index in [1.54, 1.807) is 6.20 Å². The maximum Gasteiger partial charge on any atom is 0.321 e. The van der Waals surface area contributed by atoms with Gasteiger partial charge in [0.05, 0.1) is 6.10 Å². The molecule has 1 aliphatic heterocycles. The molecule has 3 rings (SSSR count). The molecule has 27 heavy (non-hydrogen) atoms. The van der Waals surface area contributed by atoms with Crippen molar-refractivity contribution < 1.29 is 9.53 Å². The number of carbonyl (C=O) groups excluding carboxylic acids is 1. The van der Waals surface area contributed by atoms with Crippen LogP contribution in [0.5, 0.6) is 0 Å². The average molecular weight is 368 g/mol. The standard InChI is InChI=1S/C21H28N4O2/c1-24(2)11-12-25(16-20-9-5-13-27-20)21(26)23-19-8-3-6-17(14-19)18-7-4-10-22-15-18/h3-4,6-8,10,14-15,20H,5,9,11-13,16H2,1-2H3,(H,23,26)/t20-/m0/s1. The van der Waals surface area contributed by atoms with Crippen LogP contribution in [-0.2, 0) is 4.74 Å². The SMILES string of the molecule is CN(C)CCN(C[C@@H]1CCCO1)C(=O)Nc1cccc(-c2cccnc2)c1. The summed E-state index contributed by atoms with van der Waals surface area (Å²) in [5.74, 6) is 0. The topological polar surface area (TPSA) is 57.7 Å². The van der Waals surface area contributed by atoms with Crippen LogP contribution in [-0.4, -0.2) is 67.3 Å². The number of nitrogens with zero attached hydrogens (tertiary/aromatic N) is 3. The largest absolute Gasteiger partial charge is 0.376 e. The van der Waals surface area contributed by atoms with E-state index in [1.807, 2.05) is 61.6 Å². The summed E-state index contributed by atoms with van der Waals surface area (Å²) in [6.07, 6.45) is 5.80. The number of likely N-dealkylation sites (N-methyl/N-ethyl adjacent to an activating group) is 1. The van der Waals surface area contributed by atoms with Crippen LogP contribution in [0.15, 0.2) is 48.8 Å². The minimum Gasteiger partial charge on any atom is -0.376 e. The summed E-state index contributed by atoms with van der Waals surface area (Å²) >= 11 is 0. The summed E-state index contributed by atoms with van der Waals surface area (Å²) in [6, 6.07) is 11.7. The van der Waals surface area contributed by atoms with E-state index in [-0.39, 0.29) is 12.1 Å². The number of urea groups is 1. The van der Waals surface area contributed by atoms with Crippen LogP contribution in [0.4, 0.5) is 10.5 Å². The number of aromatic nitrogens is 1. The van der Waals surface area contributed by atoms with E-state index < -0.39 is 0 Å². The van der Waals surface area contributed by atoms with Gasteiger partial charge in [-0.2, -0.15) is 0 Å². The second kappa shape index (κ2) is 9.48. The molecule has 1 N–H and O–H groups in total. The Morgan fingerprint density at radius 1 is 1.22 bits per heavy atom. The molecule has 0 aliphatic carbocycles. The number of rotatable bonds is 7. The van der Waals surface area contributed by atoms with E-state index in [2.05, 4.69) is 15.2 Å². The van der Waals surface area contributed by atoms with E-state index in [9.17, 15) is 4.79 Å². The minimum absolute atomic E-state index is 0.0873. The fourth-order valence-corrected chi connectivity index (χ4v) is 3.14. The quantitative estimate of drug-likeness (QED) is 0.814. The van der Waals surface area contributed by atoms with E-state index in [1.165, 1.54) is 0 Å². The van der Waals surface area contributed by atoms with E-state index in [4.69, 9.17) is 4.74 Å². The predicted octanol–water partition coefficient (Wildman–Crippen LogP) is 3.32. The Labute approximate surface area is 161 Å². The van der Waals surface area contributed by atoms with Crippen molar-refractivity contribution in [3.05, 3.63) is 48.8 Å². The minimum atomic E-state index is -0.0873. The van der Waals surface area contributed by atoms with Gasteiger partial charge >= 0.3 is 6.03 Å². The third-order valence-electron chi connectivity index (χ3n) is 4.66. The fourth-order valence-electron chi connectivity index (χ4n) is 3.14. The highest BCUT2D eigenvalue weighted by molar-refractivity contribution is 5.90. The number of carbonyl (C=O) groups is 1. The van der Waals surface area contributed by atoms with E-state index >= 15 is 0 Å². The van der Waals surface area contributed by atoms with Crippen molar-refractivity contribution in [2.24, 2.45) is 0 Å². The van der Waals surface area contributed by atoms with E-state index in [0.717, 1.165) is 42.8 Å². The lowest BCUT2D eigenvalue weighted by molar-refractivity contribution is 0.0820. The third-order valence-corrected chi connectivity index (χ3v) is 4.66. The van der Waals surface area contributed by atoms with Gasteiger partial charge < -0.3 is 19.9 Å². The van der Waals surface area contributed by atoms with Crippen LogP contribution in [0.1, 0.15) is 12.8 Å². The molecule has 6 nitrogen and oxygen atoms in total. The molecule has 0 bridgehead atoms. The Morgan fingerprint density at radius 3 is 2.78 bits per heavy atom.